The lowest BCUT2D eigenvalue weighted by atomic mass is 10.2. The predicted molar refractivity (Wildman–Crippen MR) is 113 cm³/mol. The number of aromatic nitrogens is 3. The van der Waals surface area contributed by atoms with E-state index in [2.05, 4.69) is 26.5 Å². The average molecular weight is 398 g/mol. The van der Waals surface area contributed by atoms with Crippen LogP contribution in [0.15, 0.2) is 91.1 Å². The first-order chi connectivity index (χ1) is 14.7. The molecule has 148 valence electrons. The lowest BCUT2D eigenvalue weighted by molar-refractivity contribution is 0.0938. The van der Waals surface area contributed by atoms with Gasteiger partial charge in [0.2, 0.25) is 0 Å². The minimum Gasteiger partial charge on any atom is -0.307 e. The predicted octanol–water partition coefficient (Wildman–Crippen LogP) is 3.40. The standard InChI is InChI=1S/C22H18N6O2/c29-21(25-26-22(30)23-18-9-5-2-6-10-18)17-11-13-19(14-12-17)28-15-20(24-27-28)16-7-3-1-4-8-16/h1-15H,(H,25,29)(H2,23,26,30). The highest BCUT2D eigenvalue weighted by atomic mass is 16.2. The summed E-state index contributed by atoms with van der Waals surface area (Å²) in [5.74, 6) is -0.437. The fraction of sp³-hybridized carbons (Fsp3) is 0. The van der Waals surface area contributed by atoms with Crippen molar-refractivity contribution in [2.45, 2.75) is 0 Å². The molecule has 0 saturated carbocycles. The summed E-state index contributed by atoms with van der Waals surface area (Å²) in [4.78, 5) is 24.1. The van der Waals surface area contributed by atoms with Gasteiger partial charge in [0.1, 0.15) is 5.69 Å². The molecule has 0 spiro atoms. The summed E-state index contributed by atoms with van der Waals surface area (Å²) < 4.78 is 1.63. The lowest BCUT2D eigenvalue weighted by Gasteiger charge is -2.09. The maximum Gasteiger partial charge on any atom is 0.337 e. The van der Waals surface area contributed by atoms with Crippen LogP contribution in [0.4, 0.5) is 10.5 Å². The van der Waals surface area contributed by atoms with Crippen LogP contribution in [0.2, 0.25) is 0 Å². The Labute approximate surface area is 172 Å². The van der Waals surface area contributed by atoms with E-state index in [4.69, 9.17) is 0 Å². The number of urea groups is 1. The van der Waals surface area contributed by atoms with Crippen LogP contribution in [0.25, 0.3) is 16.9 Å². The molecular weight excluding hydrogens is 380 g/mol. The van der Waals surface area contributed by atoms with E-state index in [9.17, 15) is 9.59 Å². The summed E-state index contributed by atoms with van der Waals surface area (Å²) in [6, 6.07) is 24.9. The van der Waals surface area contributed by atoms with Gasteiger partial charge in [0.25, 0.3) is 5.91 Å². The van der Waals surface area contributed by atoms with Crippen molar-refractivity contribution in [2.24, 2.45) is 0 Å². The molecular formula is C22H18N6O2. The monoisotopic (exact) mass is 398 g/mol. The largest absolute Gasteiger partial charge is 0.337 e. The molecule has 3 amide bonds. The summed E-state index contributed by atoms with van der Waals surface area (Å²) in [7, 11) is 0. The van der Waals surface area contributed by atoms with E-state index in [-0.39, 0.29) is 0 Å². The van der Waals surface area contributed by atoms with E-state index in [0.717, 1.165) is 16.9 Å². The Hall–Kier alpha value is -4.46. The van der Waals surface area contributed by atoms with E-state index in [1.165, 1.54) is 0 Å². The zero-order valence-corrected chi connectivity index (χ0v) is 15.8. The number of hydrogen-bond acceptors (Lipinski definition) is 4. The normalized spacial score (nSPS) is 10.3. The van der Waals surface area contributed by atoms with Gasteiger partial charge in [0, 0.05) is 16.8 Å². The van der Waals surface area contributed by atoms with Gasteiger partial charge in [-0.15, -0.1) is 5.10 Å². The van der Waals surface area contributed by atoms with Crippen LogP contribution in [-0.2, 0) is 0 Å². The molecule has 1 aromatic heterocycles. The SMILES string of the molecule is O=C(NNC(=O)c1ccc(-n2cc(-c3ccccc3)nn2)cc1)Nc1ccccc1. The molecule has 0 radical (unpaired) electrons. The van der Waals surface area contributed by atoms with E-state index in [1.807, 2.05) is 42.6 Å². The van der Waals surface area contributed by atoms with E-state index >= 15 is 0 Å². The highest BCUT2D eigenvalue weighted by Crippen LogP contribution is 2.17. The maximum absolute atomic E-state index is 12.3. The highest BCUT2D eigenvalue weighted by Gasteiger charge is 2.09. The maximum atomic E-state index is 12.3. The molecule has 30 heavy (non-hydrogen) atoms. The van der Waals surface area contributed by atoms with Crippen LogP contribution in [0, 0.1) is 0 Å². The van der Waals surface area contributed by atoms with Crippen molar-refractivity contribution in [1.29, 1.82) is 0 Å². The minimum absolute atomic E-state index is 0.391. The average Bonchev–Trinajstić information content (AvgIpc) is 3.29. The van der Waals surface area contributed by atoms with E-state index in [1.54, 1.807) is 53.2 Å². The van der Waals surface area contributed by atoms with Gasteiger partial charge >= 0.3 is 6.03 Å². The minimum atomic E-state index is -0.540. The van der Waals surface area contributed by atoms with Gasteiger partial charge in [0.15, 0.2) is 0 Å². The number of hydrogen-bond donors (Lipinski definition) is 3. The molecule has 3 N–H and O–H groups in total. The number of anilines is 1. The third-order valence-electron chi connectivity index (χ3n) is 4.28. The summed E-state index contributed by atoms with van der Waals surface area (Å²) >= 11 is 0. The molecule has 0 aliphatic carbocycles. The molecule has 0 saturated heterocycles. The Morgan fingerprint density at radius 1 is 0.767 bits per heavy atom. The number of nitrogens with one attached hydrogen (secondary N) is 3. The van der Waals surface area contributed by atoms with Crippen molar-refractivity contribution in [2.75, 3.05) is 5.32 Å². The summed E-state index contributed by atoms with van der Waals surface area (Å²) in [5, 5.41) is 10.9. The van der Waals surface area contributed by atoms with Gasteiger partial charge in [0.05, 0.1) is 11.9 Å². The second-order valence-corrected chi connectivity index (χ2v) is 6.36. The van der Waals surface area contributed by atoms with E-state index in [0.29, 0.717) is 11.3 Å². The molecule has 0 fully saturated rings. The van der Waals surface area contributed by atoms with Crippen molar-refractivity contribution < 1.29 is 9.59 Å². The van der Waals surface area contributed by atoms with Crippen molar-refractivity contribution >= 4 is 17.6 Å². The number of carbonyl (C=O) groups is 2. The van der Waals surface area contributed by atoms with Gasteiger partial charge in [-0.05, 0) is 36.4 Å². The Bertz CT molecular complexity index is 1140. The molecule has 0 aliphatic rings. The number of rotatable bonds is 4. The quantitative estimate of drug-likeness (QED) is 0.459. The molecule has 0 bridgehead atoms. The molecule has 0 unspecified atom stereocenters. The molecule has 3 aromatic carbocycles. The van der Waals surface area contributed by atoms with Gasteiger partial charge < -0.3 is 5.32 Å². The zero-order chi connectivity index (χ0) is 20.8. The summed E-state index contributed by atoms with van der Waals surface area (Å²) in [5.41, 5.74) is 8.19. The van der Waals surface area contributed by atoms with Crippen molar-refractivity contribution in [3.8, 4) is 16.9 Å². The molecule has 0 atom stereocenters. The Balaban J connectivity index is 1.36. The third-order valence-corrected chi connectivity index (χ3v) is 4.28. The Kier molecular flexibility index (Phi) is 5.47. The number of carbonyl (C=O) groups excluding carboxylic acids is 2. The molecule has 1 heterocycles. The second-order valence-electron chi connectivity index (χ2n) is 6.36. The number of nitrogens with zero attached hydrogens (tertiary/aromatic N) is 3. The molecule has 0 aliphatic heterocycles. The smallest absolute Gasteiger partial charge is 0.307 e. The topological polar surface area (TPSA) is 101 Å². The van der Waals surface area contributed by atoms with Crippen LogP contribution in [-0.4, -0.2) is 26.9 Å². The van der Waals surface area contributed by atoms with Gasteiger partial charge in [-0.1, -0.05) is 53.7 Å². The fourth-order valence-electron chi connectivity index (χ4n) is 2.77. The number of hydrazine groups is 1. The molecule has 4 aromatic rings. The number of benzene rings is 3. The van der Waals surface area contributed by atoms with Crippen LogP contribution < -0.4 is 16.2 Å². The van der Waals surface area contributed by atoms with Gasteiger partial charge in [-0.3, -0.25) is 10.2 Å². The van der Waals surface area contributed by atoms with Crippen LogP contribution in [0.1, 0.15) is 10.4 Å². The summed E-state index contributed by atoms with van der Waals surface area (Å²) in [6.45, 7) is 0. The molecule has 8 heteroatoms. The first-order valence-corrected chi connectivity index (χ1v) is 9.20. The van der Waals surface area contributed by atoms with Crippen LogP contribution in [0.3, 0.4) is 0 Å². The Morgan fingerprint density at radius 2 is 1.43 bits per heavy atom. The number of para-hydroxylation sites is 1. The Morgan fingerprint density at radius 3 is 2.13 bits per heavy atom. The molecule has 4 rings (SSSR count). The highest BCUT2D eigenvalue weighted by molar-refractivity contribution is 5.97. The van der Waals surface area contributed by atoms with Crippen LogP contribution in [0.5, 0.6) is 0 Å². The lowest BCUT2D eigenvalue weighted by Crippen LogP contribution is -2.43. The zero-order valence-electron chi connectivity index (χ0n) is 15.8. The van der Waals surface area contributed by atoms with Gasteiger partial charge in [-0.2, -0.15) is 0 Å². The van der Waals surface area contributed by atoms with Gasteiger partial charge in [-0.25, -0.2) is 14.9 Å². The molecule has 8 nitrogen and oxygen atoms in total. The van der Waals surface area contributed by atoms with E-state index < -0.39 is 11.9 Å². The first kappa shape index (κ1) is 18.9. The summed E-state index contributed by atoms with van der Waals surface area (Å²) in [6.07, 6.45) is 1.82. The van der Waals surface area contributed by atoms with Crippen LogP contribution >= 0.6 is 0 Å². The second kappa shape index (κ2) is 8.70. The first-order valence-electron chi connectivity index (χ1n) is 9.20. The van der Waals surface area contributed by atoms with Crippen molar-refractivity contribution in [1.82, 2.24) is 25.8 Å². The van der Waals surface area contributed by atoms with Crippen molar-refractivity contribution in [3.05, 3.63) is 96.7 Å². The third kappa shape index (κ3) is 4.50. The fourth-order valence-corrected chi connectivity index (χ4v) is 2.77. The number of amides is 3. The van der Waals surface area contributed by atoms with Crippen molar-refractivity contribution in [3.63, 3.8) is 0 Å².